The lowest BCUT2D eigenvalue weighted by molar-refractivity contribution is -0.144. The summed E-state index contributed by atoms with van der Waals surface area (Å²) in [6, 6.07) is 0. The normalized spacial score (nSPS) is 26.6. The Kier molecular flexibility index (Phi) is 5.27. The Morgan fingerprint density at radius 1 is 1.11 bits per heavy atom. The Bertz CT molecular complexity index is 717. The highest BCUT2D eigenvalue weighted by molar-refractivity contribution is 7.09. The van der Waals surface area contributed by atoms with E-state index in [-0.39, 0.29) is 29.6 Å². The van der Waals surface area contributed by atoms with Gasteiger partial charge in [-0.3, -0.25) is 24.2 Å². The van der Waals surface area contributed by atoms with Gasteiger partial charge in [-0.05, 0) is 19.8 Å². The quantitative estimate of drug-likeness (QED) is 0.724. The number of rotatable bonds is 4. The van der Waals surface area contributed by atoms with E-state index >= 15 is 0 Å². The molecule has 27 heavy (non-hydrogen) atoms. The van der Waals surface area contributed by atoms with Crippen LogP contribution in [0.15, 0.2) is 5.38 Å². The molecule has 3 heterocycles. The number of hydrogen-bond donors (Lipinski definition) is 0. The van der Waals surface area contributed by atoms with Crippen LogP contribution in [0.4, 0.5) is 0 Å². The van der Waals surface area contributed by atoms with Crippen LogP contribution in [-0.2, 0) is 20.8 Å². The molecular formula is C19H26N4O3S. The lowest BCUT2D eigenvalue weighted by Crippen LogP contribution is -2.52. The van der Waals surface area contributed by atoms with Crippen molar-refractivity contribution >= 4 is 29.1 Å². The average molecular weight is 391 g/mol. The summed E-state index contributed by atoms with van der Waals surface area (Å²) in [5.41, 5.74) is 0.952. The fourth-order valence-electron chi connectivity index (χ4n) is 4.43. The highest BCUT2D eigenvalue weighted by atomic mass is 32.1. The molecular weight excluding hydrogens is 364 g/mol. The van der Waals surface area contributed by atoms with E-state index in [1.54, 1.807) is 0 Å². The lowest BCUT2D eigenvalue weighted by atomic mass is 9.81. The van der Waals surface area contributed by atoms with E-state index in [1.807, 2.05) is 17.2 Å². The van der Waals surface area contributed by atoms with E-state index in [1.165, 1.54) is 16.2 Å². The van der Waals surface area contributed by atoms with Crippen molar-refractivity contribution in [3.63, 3.8) is 0 Å². The van der Waals surface area contributed by atoms with Crippen molar-refractivity contribution < 1.29 is 14.4 Å². The largest absolute Gasteiger partial charge is 0.340 e. The molecule has 3 fully saturated rings. The fourth-order valence-corrected chi connectivity index (χ4v) is 5.20. The van der Waals surface area contributed by atoms with Gasteiger partial charge >= 0.3 is 0 Å². The predicted octanol–water partition coefficient (Wildman–Crippen LogP) is 1.27. The highest BCUT2D eigenvalue weighted by Crippen LogP contribution is 2.38. The number of aryl methyl sites for hydroxylation is 1. The summed E-state index contributed by atoms with van der Waals surface area (Å²) in [5.74, 6) is -0.0419. The van der Waals surface area contributed by atoms with Gasteiger partial charge in [-0.2, -0.15) is 0 Å². The Labute approximate surface area is 163 Å². The zero-order chi connectivity index (χ0) is 19.0. The maximum Gasteiger partial charge on any atom is 0.234 e. The Morgan fingerprint density at radius 2 is 1.74 bits per heavy atom. The number of thiazole rings is 1. The van der Waals surface area contributed by atoms with Crippen molar-refractivity contribution in [2.24, 2.45) is 11.8 Å². The van der Waals surface area contributed by atoms with Gasteiger partial charge in [0.15, 0.2) is 0 Å². The zero-order valence-corrected chi connectivity index (χ0v) is 16.5. The molecule has 146 valence electrons. The summed E-state index contributed by atoms with van der Waals surface area (Å²) in [7, 11) is 0. The van der Waals surface area contributed by atoms with Crippen molar-refractivity contribution in [1.29, 1.82) is 0 Å². The third kappa shape index (κ3) is 3.78. The molecule has 1 saturated carbocycles. The molecule has 3 amide bonds. The smallest absolute Gasteiger partial charge is 0.234 e. The van der Waals surface area contributed by atoms with E-state index < -0.39 is 0 Å². The monoisotopic (exact) mass is 390 g/mol. The van der Waals surface area contributed by atoms with Crippen molar-refractivity contribution in [1.82, 2.24) is 19.7 Å². The summed E-state index contributed by atoms with van der Waals surface area (Å²) in [4.78, 5) is 47.5. The molecule has 1 aliphatic carbocycles. The molecule has 1 aromatic rings. The van der Waals surface area contributed by atoms with Crippen LogP contribution in [0.5, 0.6) is 0 Å². The van der Waals surface area contributed by atoms with Crippen molar-refractivity contribution in [2.45, 2.75) is 39.0 Å². The Morgan fingerprint density at radius 3 is 2.30 bits per heavy atom. The van der Waals surface area contributed by atoms with Gasteiger partial charge in [0, 0.05) is 37.3 Å². The van der Waals surface area contributed by atoms with Gasteiger partial charge in [0.05, 0.1) is 24.9 Å². The maximum absolute atomic E-state index is 12.6. The van der Waals surface area contributed by atoms with E-state index in [0.29, 0.717) is 39.3 Å². The van der Waals surface area contributed by atoms with Gasteiger partial charge in [-0.15, -0.1) is 11.3 Å². The molecule has 0 radical (unpaired) electrons. The maximum atomic E-state index is 12.6. The molecule has 7 nitrogen and oxygen atoms in total. The van der Waals surface area contributed by atoms with Gasteiger partial charge in [0.2, 0.25) is 17.7 Å². The first-order valence-electron chi connectivity index (χ1n) is 9.79. The molecule has 0 N–H and O–H groups in total. The number of amides is 3. The molecule has 2 aliphatic heterocycles. The van der Waals surface area contributed by atoms with E-state index in [4.69, 9.17) is 0 Å². The van der Waals surface area contributed by atoms with E-state index in [0.717, 1.165) is 36.4 Å². The standard InChI is InChI=1S/C19H26N4O3S/c1-13-11-27-16(20-13)10-17(24)22-8-6-21(7-9-22)12-23-18(25)14-4-2-3-5-15(14)19(23)26/h11,14-15H,2-10,12H2,1H3/t14-,15-/m1/s1. The first kappa shape index (κ1) is 18.6. The summed E-state index contributed by atoms with van der Waals surface area (Å²) in [6.07, 6.45) is 4.15. The SMILES string of the molecule is Cc1csc(CC(=O)N2CCN(CN3C(=O)[C@@H]4CCCC[C@H]4C3=O)CC2)n1. The highest BCUT2D eigenvalue weighted by Gasteiger charge is 2.48. The molecule has 4 rings (SSSR count). The lowest BCUT2D eigenvalue weighted by Gasteiger charge is -2.36. The van der Waals surface area contributed by atoms with Gasteiger partial charge in [-0.25, -0.2) is 4.98 Å². The van der Waals surface area contributed by atoms with Gasteiger partial charge in [0.25, 0.3) is 0 Å². The van der Waals surface area contributed by atoms with E-state index in [9.17, 15) is 14.4 Å². The molecule has 0 unspecified atom stereocenters. The molecule has 8 heteroatoms. The number of fused-ring (bicyclic) bond motifs is 1. The fraction of sp³-hybridized carbons (Fsp3) is 0.684. The molecule has 2 saturated heterocycles. The molecule has 1 aromatic heterocycles. The molecule has 0 bridgehead atoms. The third-order valence-corrected chi connectivity index (χ3v) is 6.93. The van der Waals surface area contributed by atoms with Crippen LogP contribution in [0.25, 0.3) is 0 Å². The van der Waals surface area contributed by atoms with Gasteiger partial charge < -0.3 is 4.90 Å². The van der Waals surface area contributed by atoms with Crippen molar-refractivity contribution in [3.05, 3.63) is 16.1 Å². The summed E-state index contributed by atoms with van der Waals surface area (Å²) >= 11 is 1.52. The van der Waals surface area contributed by atoms with Crippen LogP contribution in [0.1, 0.15) is 36.4 Å². The number of nitrogens with zero attached hydrogens (tertiary/aromatic N) is 4. The minimum Gasteiger partial charge on any atom is -0.340 e. The topological polar surface area (TPSA) is 73.8 Å². The number of carbonyl (C=O) groups is 3. The molecule has 2 atom stereocenters. The first-order valence-corrected chi connectivity index (χ1v) is 10.7. The van der Waals surface area contributed by atoms with Crippen LogP contribution in [-0.4, -0.2) is 70.3 Å². The van der Waals surface area contributed by atoms with Crippen LogP contribution in [0.2, 0.25) is 0 Å². The summed E-state index contributed by atoms with van der Waals surface area (Å²) in [6.45, 7) is 4.95. The van der Waals surface area contributed by atoms with Gasteiger partial charge in [0.1, 0.15) is 5.01 Å². The predicted molar refractivity (Wildman–Crippen MR) is 101 cm³/mol. The van der Waals surface area contributed by atoms with Crippen LogP contribution < -0.4 is 0 Å². The number of hydrogen-bond acceptors (Lipinski definition) is 6. The number of piperazine rings is 1. The minimum absolute atomic E-state index is 0.0161. The summed E-state index contributed by atoms with van der Waals surface area (Å²) in [5, 5.41) is 2.82. The number of carbonyl (C=O) groups excluding carboxylic acids is 3. The minimum atomic E-state index is -0.0872. The second-order valence-electron chi connectivity index (χ2n) is 7.80. The number of likely N-dealkylation sites (tertiary alicyclic amines) is 1. The van der Waals surface area contributed by atoms with E-state index in [2.05, 4.69) is 9.88 Å². The number of aromatic nitrogens is 1. The van der Waals surface area contributed by atoms with Crippen LogP contribution >= 0.6 is 11.3 Å². The second-order valence-corrected chi connectivity index (χ2v) is 8.74. The molecule has 0 aromatic carbocycles. The molecule has 3 aliphatic rings. The first-order chi connectivity index (χ1) is 13.0. The zero-order valence-electron chi connectivity index (χ0n) is 15.7. The Hall–Kier alpha value is -1.80. The third-order valence-electron chi connectivity index (χ3n) is 5.97. The van der Waals surface area contributed by atoms with Crippen molar-refractivity contribution in [2.75, 3.05) is 32.8 Å². The average Bonchev–Trinajstić information content (AvgIpc) is 3.19. The summed E-state index contributed by atoms with van der Waals surface area (Å²) < 4.78 is 0. The van der Waals surface area contributed by atoms with Gasteiger partial charge in [-0.1, -0.05) is 12.8 Å². The van der Waals surface area contributed by atoms with Crippen LogP contribution in [0.3, 0.4) is 0 Å². The number of imide groups is 1. The molecule has 0 spiro atoms. The van der Waals surface area contributed by atoms with Crippen LogP contribution in [0, 0.1) is 18.8 Å². The van der Waals surface area contributed by atoms with Crippen molar-refractivity contribution in [3.8, 4) is 0 Å². The Balaban J connectivity index is 1.29. The second kappa shape index (κ2) is 7.67.